The van der Waals surface area contributed by atoms with Crippen LogP contribution in [0.2, 0.25) is 0 Å². The SMILES string of the molecule is CC(C)NC1=NC(c2cncc3ccccc23)C(=O)N1. The zero-order valence-corrected chi connectivity index (χ0v) is 11.4. The number of hydrogen-bond donors (Lipinski definition) is 2. The minimum atomic E-state index is -0.533. The largest absolute Gasteiger partial charge is 0.354 e. The van der Waals surface area contributed by atoms with Crippen molar-refractivity contribution >= 4 is 22.6 Å². The normalized spacial score (nSPS) is 18.2. The van der Waals surface area contributed by atoms with Gasteiger partial charge in [-0.25, -0.2) is 4.99 Å². The summed E-state index contributed by atoms with van der Waals surface area (Å²) in [5, 5.41) is 7.91. The van der Waals surface area contributed by atoms with Gasteiger partial charge >= 0.3 is 0 Å². The molecule has 0 radical (unpaired) electrons. The number of aromatic nitrogens is 1. The smallest absolute Gasteiger partial charge is 0.256 e. The van der Waals surface area contributed by atoms with Gasteiger partial charge in [0.1, 0.15) is 0 Å². The van der Waals surface area contributed by atoms with Gasteiger partial charge in [0.05, 0.1) is 0 Å². The van der Waals surface area contributed by atoms with Crippen LogP contribution >= 0.6 is 0 Å². The molecule has 2 heterocycles. The van der Waals surface area contributed by atoms with Crippen molar-refractivity contribution in [2.45, 2.75) is 25.9 Å². The first-order valence-electron chi connectivity index (χ1n) is 6.63. The van der Waals surface area contributed by atoms with Crippen molar-refractivity contribution in [3.8, 4) is 0 Å². The number of rotatable bonds is 2. The molecular formula is C15H16N4O. The monoisotopic (exact) mass is 268 g/mol. The first-order valence-corrected chi connectivity index (χ1v) is 6.63. The van der Waals surface area contributed by atoms with Crippen molar-refractivity contribution in [3.63, 3.8) is 0 Å². The van der Waals surface area contributed by atoms with Crippen LogP contribution in [0, 0.1) is 0 Å². The number of carbonyl (C=O) groups excluding carboxylic acids is 1. The number of carbonyl (C=O) groups is 1. The summed E-state index contributed by atoms with van der Waals surface area (Å²) in [6, 6.07) is 7.57. The van der Waals surface area contributed by atoms with Gasteiger partial charge < -0.3 is 5.32 Å². The van der Waals surface area contributed by atoms with E-state index in [0.717, 1.165) is 16.3 Å². The van der Waals surface area contributed by atoms with E-state index in [2.05, 4.69) is 20.6 Å². The number of benzene rings is 1. The summed E-state index contributed by atoms with van der Waals surface area (Å²) in [6.45, 7) is 4.00. The van der Waals surface area contributed by atoms with Gasteiger partial charge in [0.2, 0.25) is 0 Å². The predicted molar refractivity (Wildman–Crippen MR) is 78.3 cm³/mol. The summed E-state index contributed by atoms with van der Waals surface area (Å²) in [5.41, 5.74) is 0.834. The van der Waals surface area contributed by atoms with Gasteiger partial charge in [0, 0.05) is 29.4 Å². The maximum Gasteiger partial charge on any atom is 0.256 e. The van der Waals surface area contributed by atoms with E-state index in [4.69, 9.17) is 0 Å². The quantitative estimate of drug-likeness (QED) is 0.872. The Kier molecular flexibility index (Phi) is 3.10. The van der Waals surface area contributed by atoms with E-state index in [9.17, 15) is 4.79 Å². The van der Waals surface area contributed by atoms with Crippen molar-refractivity contribution in [3.05, 3.63) is 42.2 Å². The zero-order valence-electron chi connectivity index (χ0n) is 11.4. The number of fused-ring (bicyclic) bond motifs is 1. The Morgan fingerprint density at radius 1 is 1.25 bits per heavy atom. The lowest BCUT2D eigenvalue weighted by molar-refractivity contribution is -0.120. The summed E-state index contributed by atoms with van der Waals surface area (Å²) in [6.07, 6.45) is 3.51. The number of hydrogen-bond acceptors (Lipinski definition) is 4. The van der Waals surface area contributed by atoms with E-state index in [1.54, 1.807) is 12.4 Å². The second-order valence-electron chi connectivity index (χ2n) is 5.12. The van der Waals surface area contributed by atoms with Crippen LogP contribution in [0.15, 0.2) is 41.7 Å². The van der Waals surface area contributed by atoms with E-state index in [0.29, 0.717) is 5.96 Å². The Morgan fingerprint density at radius 3 is 2.85 bits per heavy atom. The number of amides is 1. The average molecular weight is 268 g/mol. The Balaban J connectivity index is 2.03. The van der Waals surface area contributed by atoms with E-state index < -0.39 is 6.04 Å². The van der Waals surface area contributed by atoms with Gasteiger partial charge in [0.25, 0.3) is 5.91 Å². The standard InChI is InChI=1S/C15H16N4O/c1-9(2)17-15-18-13(14(20)19-15)12-8-16-7-10-5-3-4-6-11(10)12/h3-9,13H,1-2H3,(H2,17,18,19,20). The van der Waals surface area contributed by atoms with Gasteiger partial charge in [0.15, 0.2) is 12.0 Å². The molecule has 2 N–H and O–H groups in total. The molecule has 0 saturated heterocycles. The van der Waals surface area contributed by atoms with Crippen LogP contribution in [-0.4, -0.2) is 22.9 Å². The number of guanidine groups is 1. The van der Waals surface area contributed by atoms with Crippen LogP contribution in [0.4, 0.5) is 0 Å². The highest BCUT2D eigenvalue weighted by atomic mass is 16.2. The highest BCUT2D eigenvalue weighted by Crippen LogP contribution is 2.27. The lowest BCUT2D eigenvalue weighted by atomic mass is 10.0. The number of nitrogens with zero attached hydrogens (tertiary/aromatic N) is 2. The fourth-order valence-electron chi connectivity index (χ4n) is 2.32. The Labute approximate surface area is 117 Å². The van der Waals surface area contributed by atoms with Crippen molar-refractivity contribution in [1.82, 2.24) is 15.6 Å². The number of nitrogens with one attached hydrogen (secondary N) is 2. The first-order chi connectivity index (χ1) is 9.65. The van der Waals surface area contributed by atoms with Crippen molar-refractivity contribution in [2.75, 3.05) is 0 Å². The second-order valence-corrected chi connectivity index (χ2v) is 5.12. The van der Waals surface area contributed by atoms with Crippen LogP contribution in [-0.2, 0) is 4.79 Å². The van der Waals surface area contributed by atoms with E-state index >= 15 is 0 Å². The molecule has 0 fully saturated rings. The van der Waals surface area contributed by atoms with Crippen molar-refractivity contribution < 1.29 is 4.79 Å². The molecule has 0 aliphatic carbocycles. The molecule has 1 unspecified atom stereocenters. The van der Waals surface area contributed by atoms with Crippen molar-refractivity contribution in [1.29, 1.82) is 0 Å². The van der Waals surface area contributed by atoms with Gasteiger partial charge in [-0.05, 0) is 19.2 Å². The van der Waals surface area contributed by atoms with E-state index in [-0.39, 0.29) is 11.9 Å². The minimum absolute atomic E-state index is 0.119. The Hall–Kier alpha value is -2.43. The fraction of sp³-hybridized carbons (Fsp3) is 0.267. The van der Waals surface area contributed by atoms with Gasteiger partial charge in [-0.15, -0.1) is 0 Å². The van der Waals surface area contributed by atoms with Crippen LogP contribution < -0.4 is 10.6 Å². The third-order valence-electron chi connectivity index (χ3n) is 3.17. The van der Waals surface area contributed by atoms with E-state index in [1.165, 1.54) is 0 Å². The maximum absolute atomic E-state index is 12.1. The topological polar surface area (TPSA) is 66.4 Å². The molecule has 1 aromatic carbocycles. The zero-order chi connectivity index (χ0) is 14.1. The number of pyridine rings is 1. The molecule has 5 heteroatoms. The van der Waals surface area contributed by atoms with Gasteiger partial charge in [-0.1, -0.05) is 24.3 Å². The summed E-state index contributed by atoms with van der Waals surface area (Å²) in [5.74, 6) is 0.411. The molecule has 0 spiro atoms. The third-order valence-corrected chi connectivity index (χ3v) is 3.17. The molecule has 1 aliphatic rings. The maximum atomic E-state index is 12.1. The molecule has 1 atom stereocenters. The summed E-state index contributed by atoms with van der Waals surface area (Å²) >= 11 is 0. The first kappa shape index (κ1) is 12.6. The number of aliphatic imine (C=N–C) groups is 1. The van der Waals surface area contributed by atoms with Crippen LogP contribution in [0.5, 0.6) is 0 Å². The molecule has 5 nitrogen and oxygen atoms in total. The minimum Gasteiger partial charge on any atom is -0.354 e. The Morgan fingerprint density at radius 2 is 2.05 bits per heavy atom. The highest BCUT2D eigenvalue weighted by Gasteiger charge is 2.29. The molecule has 2 aromatic rings. The molecule has 102 valence electrons. The Bertz CT molecular complexity index is 688. The molecule has 20 heavy (non-hydrogen) atoms. The second kappa shape index (κ2) is 4.92. The lowest BCUT2D eigenvalue weighted by Crippen LogP contribution is -2.40. The van der Waals surface area contributed by atoms with Crippen molar-refractivity contribution in [2.24, 2.45) is 4.99 Å². The summed E-state index contributed by atoms with van der Waals surface area (Å²) in [4.78, 5) is 20.8. The van der Waals surface area contributed by atoms with Crippen LogP contribution in [0.1, 0.15) is 25.5 Å². The van der Waals surface area contributed by atoms with Gasteiger partial charge in [-0.2, -0.15) is 0 Å². The third kappa shape index (κ3) is 2.22. The lowest BCUT2D eigenvalue weighted by Gasteiger charge is -2.08. The molecule has 1 amide bonds. The average Bonchev–Trinajstić information content (AvgIpc) is 2.78. The van der Waals surface area contributed by atoms with Gasteiger partial charge in [-0.3, -0.25) is 15.1 Å². The molecular weight excluding hydrogens is 252 g/mol. The molecule has 3 rings (SSSR count). The summed E-state index contributed by atoms with van der Waals surface area (Å²) < 4.78 is 0. The molecule has 0 saturated carbocycles. The fourth-order valence-corrected chi connectivity index (χ4v) is 2.32. The van der Waals surface area contributed by atoms with Crippen LogP contribution in [0.3, 0.4) is 0 Å². The summed E-state index contributed by atoms with van der Waals surface area (Å²) in [7, 11) is 0. The molecule has 0 bridgehead atoms. The molecule has 1 aromatic heterocycles. The molecule has 1 aliphatic heterocycles. The highest BCUT2D eigenvalue weighted by molar-refractivity contribution is 6.06. The predicted octanol–water partition coefficient (Wildman–Crippen LogP) is 1.76. The van der Waals surface area contributed by atoms with Crippen LogP contribution in [0.25, 0.3) is 10.8 Å². The van der Waals surface area contributed by atoms with E-state index in [1.807, 2.05) is 38.1 Å².